The fourth-order valence-corrected chi connectivity index (χ4v) is 2.66. The molecule has 0 bridgehead atoms. The van der Waals surface area contributed by atoms with Crippen molar-refractivity contribution in [2.24, 2.45) is 0 Å². The maximum absolute atomic E-state index is 14.1. The summed E-state index contributed by atoms with van der Waals surface area (Å²) in [4.78, 5) is 9.67. The van der Waals surface area contributed by atoms with Crippen LogP contribution in [-0.4, -0.2) is 33.3 Å². The SMILES string of the molecule is CCS(=O)(=O)Nc1ccc([N+](=O)[O-])c(F)c1NS(=O)(=O)CC. The number of hydrogen-bond acceptors (Lipinski definition) is 6. The molecule has 0 saturated carbocycles. The first-order chi connectivity index (χ1) is 10.0. The van der Waals surface area contributed by atoms with Gasteiger partial charge in [-0.2, -0.15) is 4.39 Å². The zero-order valence-corrected chi connectivity index (χ0v) is 13.3. The summed E-state index contributed by atoms with van der Waals surface area (Å²) in [5.41, 5.74) is -2.22. The fraction of sp³-hybridized carbons (Fsp3) is 0.400. The number of benzene rings is 1. The zero-order chi connectivity index (χ0) is 17.1. The Balaban J connectivity index is 3.51. The molecule has 0 amide bonds. The van der Waals surface area contributed by atoms with Crippen molar-refractivity contribution in [3.05, 3.63) is 28.1 Å². The van der Waals surface area contributed by atoms with Gasteiger partial charge in [0.1, 0.15) is 5.69 Å². The molecule has 0 radical (unpaired) electrons. The van der Waals surface area contributed by atoms with Gasteiger partial charge in [-0.1, -0.05) is 0 Å². The highest BCUT2D eigenvalue weighted by atomic mass is 32.2. The van der Waals surface area contributed by atoms with Gasteiger partial charge in [0.05, 0.1) is 22.1 Å². The molecule has 1 rings (SSSR count). The van der Waals surface area contributed by atoms with E-state index < -0.39 is 53.6 Å². The predicted molar refractivity (Wildman–Crippen MR) is 79.2 cm³/mol. The predicted octanol–water partition coefficient (Wildman–Crippen LogP) is 1.26. The van der Waals surface area contributed by atoms with Crippen LogP contribution in [0.25, 0.3) is 0 Å². The normalized spacial score (nSPS) is 12.0. The van der Waals surface area contributed by atoms with Crippen LogP contribution in [0.2, 0.25) is 0 Å². The molecule has 0 fully saturated rings. The molecule has 9 nitrogen and oxygen atoms in total. The lowest BCUT2D eigenvalue weighted by atomic mass is 10.2. The highest BCUT2D eigenvalue weighted by molar-refractivity contribution is 7.93. The summed E-state index contributed by atoms with van der Waals surface area (Å²) in [5.74, 6) is -2.24. The van der Waals surface area contributed by atoms with Gasteiger partial charge >= 0.3 is 5.69 Å². The molecule has 1 aromatic carbocycles. The van der Waals surface area contributed by atoms with E-state index in [0.717, 1.165) is 12.1 Å². The Morgan fingerprint density at radius 3 is 2.05 bits per heavy atom. The highest BCUT2D eigenvalue weighted by Crippen LogP contribution is 2.33. The van der Waals surface area contributed by atoms with Crippen LogP contribution in [0.15, 0.2) is 12.1 Å². The monoisotopic (exact) mass is 355 g/mol. The molecule has 0 aromatic heterocycles. The van der Waals surface area contributed by atoms with Gasteiger partial charge < -0.3 is 0 Å². The molecular weight excluding hydrogens is 341 g/mol. The first-order valence-corrected chi connectivity index (χ1v) is 9.31. The van der Waals surface area contributed by atoms with Crippen molar-refractivity contribution in [3.63, 3.8) is 0 Å². The third kappa shape index (κ3) is 4.27. The molecule has 1 aromatic rings. The van der Waals surface area contributed by atoms with Crippen molar-refractivity contribution in [2.75, 3.05) is 20.9 Å². The van der Waals surface area contributed by atoms with Crippen molar-refractivity contribution in [1.29, 1.82) is 0 Å². The van der Waals surface area contributed by atoms with Gasteiger partial charge in [-0.15, -0.1) is 0 Å². The number of nitro benzene ring substituents is 1. The lowest BCUT2D eigenvalue weighted by molar-refractivity contribution is -0.387. The average Bonchev–Trinajstić information content (AvgIpc) is 2.42. The Kier molecular flexibility index (Phi) is 5.30. The third-order valence-corrected chi connectivity index (χ3v) is 5.17. The molecule has 0 saturated heterocycles. The minimum absolute atomic E-state index is 0.342. The van der Waals surface area contributed by atoms with Gasteiger partial charge in [-0.05, 0) is 19.9 Å². The van der Waals surface area contributed by atoms with Gasteiger partial charge in [0.15, 0.2) is 0 Å². The molecule has 0 spiro atoms. The molecule has 124 valence electrons. The molecule has 0 unspecified atom stereocenters. The van der Waals surface area contributed by atoms with E-state index in [-0.39, 0.29) is 5.75 Å². The smallest absolute Gasteiger partial charge is 0.281 e. The van der Waals surface area contributed by atoms with Crippen LogP contribution in [0.3, 0.4) is 0 Å². The van der Waals surface area contributed by atoms with Crippen molar-refractivity contribution in [1.82, 2.24) is 0 Å². The van der Waals surface area contributed by atoms with Crippen LogP contribution < -0.4 is 9.44 Å². The maximum atomic E-state index is 14.1. The maximum Gasteiger partial charge on any atom is 0.307 e. The molecule has 12 heteroatoms. The number of hydrogen-bond donors (Lipinski definition) is 2. The number of nitro groups is 1. The number of anilines is 2. The van der Waals surface area contributed by atoms with Crippen LogP contribution in [-0.2, 0) is 20.0 Å². The van der Waals surface area contributed by atoms with Crippen LogP contribution >= 0.6 is 0 Å². The minimum atomic E-state index is -3.97. The van der Waals surface area contributed by atoms with Gasteiger partial charge in [-0.3, -0.25) is 19.6 Å². The molecule has 0 atom stereocenters. The second kappa shape index (κ2) is 6.44. The largest absolute Gasteiger partial charge is 0.307 e. The lowest BCUT2D eigenvalue weighted by Gasteiger charge is -2.14. The van der Waals surface area contributed by atoms with E-state index in [2.05, 4.69) is 0 Å². The van der Waals surface area contributed by atoms with Crippen molar-refractivity contribution >= 4 is 37.1 Å². The van der Waals surface area contributed by atoms with E-state index in [1.165, 1.54) is 13.8 Å². The molecule has 0 aliphatic rings. The Labute approximate surface area is 126 Å². The molecular formula is C10H14FN3O6S2. The molecule has 0 heterocycles. The Morgan fingerprint density at radius 2 is 1.59 bits per heavy atom. The number of sulfonamides is 2. The van der Waals surface area contributed by atoms with E-state index in [4.69, 9.17) is 0 Å². The second-order valence-electron chi connectivity index (χ2n) is 4.09. The quantitative estimate of drug-likeness (QED) is 0.558. The van der Waals surface area contributed by atoms with Crippen molar-refractivity contribution < 1.29 is 26.1 Å². The topological polar surface area (TPSA) is 135 Å². The molecule has 2 N–H and O–H groups in total. The molecule has 0 aliphatic heterocycles. The fourth-order valence-electron chi connectivity index (χ4n) is 1.36. The summed E-state index contributed by atoms with van der Waals surface area (Å²) in [6.07, 6.45) is 0. The molecule has 22 heavy (non-hydrogen) atoms. The van der Waals surface area contributed by atoms with E-state index in [9.17, 15) is 31.3 Å². The summed E-state index contributed by atoms with van der Waals surface area (Å²) in [7, 11) is -7.80. The number of nitrogens with zero attached hydrogens (tertiary/aromatic N) is 1. The standard InChI is InChI=1S/C10H14FN3O6S2/c1-3-21(17,18)12-7-5-6-8(14(15)16)9(11)10(7)13-22(19,20)4-2/h5-6,12-13H,3-4H2,1-2H3. The number of nitrogens with one attached hydrogen (secondary N) is 2. The van der Waals surface area contributed by atoms with E-state index in [1.54, 1.807) is 0 Å². The first kappa shape index (κ1) is 18.1. The lowest BCUT2D eigenvalue weighted by Crippen LogP contribution is -2.20. The van der Waals surface area contributed by atoms with Crippen LogP contribution in [0.1, 0.15) is 13.8 Å². The molecule has 0 aliphatic carbocycles. The van der Waals surface area contributed by atoms with Crippen LogP contribution in [0.4, 0.5) is 21.5 Å². The number of halogens is 1. The van der Waals surface area contributed by atoms with Gasteiger partial charge in [-0.25, -0.2) is 16.8 Å². The second-order valence-corrected chi connectivity index (χ2v) is 8.11. The summed E-state index contributed by atoms with van der Waals surface area (Å²) >= 11 is 0. The van der Waals surface area contributed by atoms with E-state index in [1.807, 2.05) is 9.44 Å². The Hall–Kier alpha value is -1.95. The van der Waals surface area contributed by atoms with E-state index in [0.29, 0.717) is 0 Å². The third-order valence-electron chi connectivity index (χ3n) is 2.60. The minimum Gasteiger partial charge on any atom is -0.281 e. The first-order valence-electron chi connectivity index (χ1n) is 6.00. The van der Waals surface area contributed by atoms with Gasteiger partial charge in [0.2, 0.25) is 25.9 Å². The summed E-state index contributed by atoms with van der Waals surface area (Å²) < 4.78 is 64.1. The number of rotatable bonds is 7. The zero-order valence-electron chi connectivity index (χ0n) is 11.7. The Morgan fingerprint density at radius 1 is 1.09 bits per heavy atom. The van der Waals surface area contributed by atoms with Crippen LogP contribution in [0.5, 0.6) is 0 Å². The Bertz CT molecular complexity index is 791. The van der Waals surface area contributed by atoms with Crippen LogP contribution in [0, 0.1) is 15.9 Å². The average molecular weight is 355 g/mol. The summed E-state index contributed by atoms with van der Waals surface area (Å²) in [5, 5.41) is 10.7. The van der Waals surface area contributed by atoms with Crippen molar-refractivity contribution in [2.45, 2.75) is 13.8 Å². The summed E-state index contributed by atoms with van der Waals surface area (Å²) in [6.45, 7) is 2.59. The van der Waals surface area contributed by atoms with Crippen molar-refractivity contribution in [3.8, 4) is 0 Å². The summed E-state index contributed by atoms with van der Waals surface area (Å²) in [6, 6.07) is 1.66. The van der Waals surface area contributed by atoms with E-state index >= 15 is 0 Å². The van der Waals surface area contributed by atoms with Gasteiger partial charge in [0, 0.05) is 6.07 Å². The highest BCUT2D eigenvalue weighted by Gasteiger charge is 2.25. The van der Waals surface area contributed by atoms with Gasteiger partial charge in [0.25, 0.3) is 0 Å².